The second-order valence-electron chi connectivity index (χ2n) is 7.68. The fourth-order valence-electron chi connectivity index (χ4n) is 3.62. The summed E-state index contributed by atoms with van der Waals surface area (Å²) in [5.74, 6) is -0.792. The molecule has 6 nitrogen and oxygen atoms in total. The average Bonchev–Trinajstić information content (AvgIpc) is 3.11. The largest absolute Gasteiger partial charge is 0.379 e. The van der Waals surface area contributed by atoms with Crippen molar-refractivity contribution in [2.75, 3.05) is 44.3 Å². The molecular weight excluding hydrogens is 461 g/mol. The molecule has 33 heavy (non-hydrogen) atoms. The maximum Gasteiger partial charge on any atom is 0.270 e. The molecule has 0 atom stereocenters. The molecule has 2 aromatic carbocycles. The van der Waals surface area contributed by atoms with Crippen LogP contribution in [0.15, 0.2) is 53.4 Å². The Hall–Kier alpha value is -2.59. The summed E-state index contributed by atoms with van der Waals surface area (Å²) < 4.78 is 18.9. The number of nitrogens with zero attached hydrogens (tertiary/aromatic N) is 2. The summed E-state index contributed by atoms with van der Waals surface area (Å²) in [7, 11) is 0. The molecule has 2 amide bonds. The van der Waals surface area contributed by atoms with E-state index in [1.165, 1.54) is 28.8 Å². The Bertz CT molecular complexity index is 1070. The Labute approximate surface area is 201 Å². The number of amides is 2. The highest BCUT2D eigenvalue weighted by atomic mass is 32.2. The molecule has 0 unspecified atom stereocenters. The van der Waals surface area contributed by atoms with Crippen LogP contribution in [0.5, 0.6) is 0 Å². The van der Waals surface area contributed by atoms with Gasteiger partial charge in [0.05, 0.1) is 23.8 Å². The van der Waals surface area contributed by atoms with Crippen molar-refractivity contribution in [2.45, 2.75) is 6.42 Å². The molecule has 0 saturated carbocycles. The Morgan fingerprint density at radius 1 is 1.18 bits per heavy atom. The monoisotopic (exact) mass is 485 g/mol. The molecule has 172 valence electrons. The van der Waals surface area contributed by atoms with Gasteiger partial charge in [0, 0.05) is 25.2 Å². The van der Waals surface area contributed by atoms with Crippen LogP contribution in [-0.4, -0.2) is 60.4 Å². The smallest absolute Gasteiger partial charge is 0.270 e. The lowest BCUT2D eigenvalue weighted by Gasteiger charge is -2.26. The molecule has 4 rings (SSSR count). The van der Waals surface area contributed by atoms with Crippen molar-refractivity contribution in [3.8, 4) is 0 Å². The van der Waals surface area contributed by atoms with E-state index in [-0.39, 0.29) is 17.6 Å². The minimum atomic E-state index is -0.337. The van der Waals surface area contributed by atoms with Gasteiger partial charge in [0.15, 0.2) is 4.32 Å². The summed E-state index contributed by atoms with van der Waals surface area (Å²) in [6, 6.07) is 12.8. The van der Waals surface area contributed by atoms with E-state index in [9.17, 15) is 14.0 Å². The third-order valence-electron chi connectivity index (χ3n) is 5.37. The van der Waals surface area contributed by atoms with Crippen LogP contribution in [0.3, 0.4) is 0 Å². The quantitative estimate of drug-likeness (QED) is 0.367. The molecule has 0 bridgehead atoms. The summed E-state index contributed by atoms with van der Waals surface area (Å²) in [5, 5.41) is 2.94. The summed E-state index contributed by atoms with van der Waals surface area (Å²) in [5.41, 5.74) is 1.72. The SMILES string of the molecule is O=C(NCCCN1CCOCC1)c1cccc(N2C(=O)/C(=C/c3ccc(F)cc3)SC2=S)c1. The average molecular weight is 486 g/mol. The van der Waals surface area contributed by atoms with Crippen LogP contribution in [0.1, 0.15) is 22.3 Å². The molecule has 0 aliphatic carbocycles. The first-order valence-electron chi connectivity index (χ1n) is 10.7. The maximum absolute atomic E-state index is 13.1. The van der Waals surface area contributed by atoms with E-state index in [1.807, 2.05) is 0 Å². The molecular formula is C24H24FN3O3S2. The van der Waals surface area contributed by atoms with Gasteiger partial charge in [-0.2, -0.15) is 0 Å². The predicted octanol–water partition coefficient (Wildman–Crippen LogP) is 3.68. The van der Waals surface area contributed by atoms with Crippen LogP contribution >= 0.6 is 24.0 Å². The molecule has 2 aliphatic heterocycles. The van der Waals surface area contributed by atoms with Crippen molar-refractivity contribution < 1.29 is 18.7 Å². The first-order valence-corrected chi connectivity index (χ1v) is 12.0. The maximum atomic E-state index is 13.1. The number of nitrogens with one attached hydrogen (secondary N) is 1. The number of ether oxygens (including phenoxy) is 1. The lowest BCUT2D eigenvalue weighted by atomic mass is 10.1. The lowest BCUT2D eigenvalue weighted by molar-refractivity contribution is -0.113. The first-order chi connectivity index (χ1) is 16.0. The number of thioether (sulfide) groups is 1. The van der Waals surface area contributed by atoms with Crippen LogP contribution in [0.4, 0.5) is 10.1 Å². The van der Waals surface area contributed by atoms with Gasteiger partial charge < -0.3 is 10.1 Å². The van der Waals surface area contributed by atoms with Gasteiger partial charge in [-0.15, -0.1) is 0 Å². The van der Waals surface area contributed by atoms with E-state index in [2.05, 4.69) is 10.2 Å². The first kappa shape index (κ1) is 23.6. The fraction of sp³-hybridized carbons (Fsp3) is 0.292. The van der Waals surface area contributed by atoms with Crippen molar-refractivity contribution in [2.24, 2.45) is 0 Å². The zero-order chi connectivity index (χ0) is 23.2. The summed E-state index contributed by atoms with van der Waals surface area (Å²) in [6.07, 6.45) is 2.54. The van der Waals surface area contributed by atoms with Crippen LogP contribution in [0, 0.1) is 5.82 Å². The summed E-state index contributed by atoms with van der Waals surface area (Å²) >= 11 is 6.60. The third kappa shape index (κ3) is 6.05. The number of halogens is 1. The normalized spacial score (nSPS) is 18.2. The number of carbonyl (C=O) groups excluding carboxylic acids is 2. The second kappa shape index (κ2) is 11.0. The predicted molar refractivity (Wildman–Crippen MR) is 133 cm³/mol. The van der Waals surface area contributed by atoms with E-state index < -0.39 is 0 Å². The molecule has 1 N–H and O–H groups in total. The molecule has 0 aromatic heterocycles. The number of carbonyl (C=O) groups is 2. The van der Waals surface area contributed by atoms with Crippen molar-refractivity contribution in [1.82, 2.24) is 10.2 Å². The number of morpholine rings is 1. The van der Waals surface area contributed by atoms with Crippen molar-refractivity contribution in [3.63, 3.8) is 0 Å². The fourth-order valence-corrected chi connectivity index (χ4v) is 4.92. The number of rotatable bonds is 7. The molecule has 0 radical (unpaired) electrons. The highest BCUT2D eigenvalue weighted by Crippen LogP contribution is 2.36. The highest BCUT2D eigenvalue weighted by molar-refractivity contribution is 8.27. The van der Waals surface area contributed by atoms with Gasteiger partial charge in [-0.25, -0.2) is 4.39 Å². The minimum absolute atomic E-state index is 0.189. The van der Waals surface area contributed by atoms with E-state index >= 15 is 0 Å². The third-order valence-corrected chi connectivity index (χ3v) is 6.67. The Morgan fingerprint density at radius 2 is 1.94 bits per heavy atom. The van der Waals surface area contributed by atoms with Crippen LogP contribution < -0.4 is 10.2 Å². The standard InChI is InChI=1S/C24H24FN3O3S2/c25-19-7-5-17(6-8-19)15-21-23(30)28(24(32)33-21)20-4-1-3-18(16-20)22(29)26-9-2-10-27-11-13-31-14-12-27/h1,3-8,15-16H,2,9-14H2,(H,26,29)/b21-15-. The van der Waals surface area contributed by atoms with Gasteiger partial charge in [-0.05, 0) is 54.9 Å². The topological polar surface area (TPSA) is 61.9 Å². The van der Waals surface area contributed by atoms with E-state index in [4.69, 9.17) is 17.0 Å². The number of anilines is 1. The molecule has 2 heterocycles. The zero-order valence-electron chi connectivity index (χ0n) is 18.0. The molecule has 2 fully saturated rings. The number of thiocarbonyl (C=S) groups is 1. The Morgan fingerprint density at radius 3 is 2.70 bits per heavy atom. The summed E-state index contributed by atoms with van der Waals surface area (Å²) in [6.45, 7) is 4.86. The van der Waals surface area contributed by atoms with E-state index in [0.29, 0.717) is 32.6 Å². The van der Waals surface area contributed by atoms with Gasteiger partial charge in [0.2, 0.25) is 0 Å². The van der Waals surface area contributed by atoms with Crippen molar-refractivity contribution >= 4 is 51.9 Å². The molecule has 2 aliphatic rings. The number of hydrogen-bond donors (Lipinski definition) is 1. The number of benzene rings is 2. The molecule has 9 heteroatoms. The second-order valence-corrected chi connectivity index (χ2v) is 9.36. The summed E-state index contributed by atoms with van der Waals surface area (Å²) in [4.78, 5) is 29.8. The van der Waals surface area contributed by atoms with E-state index in [1.54, 1.807) is 42.5 Å². The van der Waals surface area contributed by atoms with Crippen LogP contribution in [-0.2, 0) is 9.53 Å². The van der Waals surface area contributed by atoms with Gasteiger partial charge in [0.1, 0.15) is 5.82 Å². The highest BCUT2D eigenvalue weighted by Gasteiger charge is 2.33. The van der Waals surface area contributed by atoms with Crippen LogP contribution in [0.2, 0.25) is 0 Å². The minimum Gasteiger partial charge on any atom is -0.379 e. The van der Waals surface area contributed by atoms with Crippen molar-refractivity contribution in [1.29, 1.82) is 0 Å². The molecule has 2 saturated heterocycles. The Kier molecular flexibility index (Phi) is 7.87. The van der Waals surface area contributed by atoms with E-state index in [0.717, 1.165) is 39.3 Å². The van der Waals surface area contributed by atoms with Gasteiger partial charge in [-0.3, -0.25) is 19.4 Å². The zero-order valence-corrected chi connectivity index (χ0v) is 19.6. The van der Waals surface area contributed by atoms with Gasteiger partial charge >= 0.3 is 0 Å². The Balaban J connectivity index is 1.38. The van der Waals surface area contributed by atoms with Crippen molar-refractivity contribution in [3.05, 3.63) is 70.4 Å². The number of hydrogen-bond acceptors (Lipinski definition) is 6. The molecule has 0 spiro atoms. The van der Waals surface area contributed by atoms with Gasteiger partial charge in [0.25, 0.3) is 11.8 Å². The lowest BCUT2D eigenvalue weighted by Crippen LogP contribution is -2.38. The van der Waals surface area contributed by atoms with Gasteiger partial charge in [-0.1, -0.05) is 42.2 Å². The van der Waals surface area contributed by atoms with Crippen LogP contribution in [0.25, 0.3) is 6.08 Å². The molecule has 2 aromatic rings.